The lowest BCUT2D eigenvalue weighted by Gasteiger charge is -2.28. The summed E-state index contributed by atoms with van der Waals surface area (Å²) in [6.07, 6.45) is 0.928. The van der Waals surface area contributed by atoms with Crippen LogP contribution in [0.3, 0.4) is 0 Å². The minimum Gasteiger partial charge on any atom is -0.339 e. The first-order valence-corrected chi connectivity index (χ1v) is 4.78. The summed E-state index contributed by atoms with van der Waals surface area (Å²) >= 11 is 0. The van der Waals surface area contributed by atoms with Crippen molar-refractivity contribution >= 4 is 5.91 Å². The van der Waals surface area contributed by atoms with Gasteiger partial charge >= 0.3 is 0 Å². The van der Waals surface area contributed by atoms with Crippen molar-refractivity contribution in [2.75, 3.05) is 6.54 Å². The van der Waals surface area contributed by atoms with E-state index in [1.54, 1.807) is 11.8 Å². The van der Waals surface area contributed by atoms with Crippen LogP contribution in [0.4, 0.5) is 0 Å². The summed E-state index contributed by atoms with van der Waals surface area (Å²) in [5.74, 6) is -0.576. The molecule has 0 spiro atoms. The lowest BCUT2D eigenvalue weighted by molar-refractivity contribution is -0.135. The first-order chi connectivity index (χ1) is 6.08. The van der Waals surface area contributed by atoms with Crippen molar-refractivity contribution in [1.29, 1.82) is 5.26 Å². The molecule has 0 aromatic carbocycles. The number of carbonyl (C=O) groups excluding carboxylic acids is 1. The van der Waals surface area contributed by atoms with E-state index in [1.165, 1.54) is 0 Å². The minimum atomic E-state index is -0.519. The molecule has 0 aromatic heterocycles. The third-order valence-corrected chi connectivity index (χ3v) is 2.31. The van der Waals surface area contributed by atoms with Crippen LogP contribution in [0.25, 0.3) is 0 Å². The Morgan fingerprint density at radius 1 is 1.46 bits per heavy atom. The fraction of sp³-hybridized carbons (Fsp3) is 0.800. The molecule has 0 aliphatic rings. The molecule has 0 fully saturated rings. The summed E-state index contributed by atoms with van der Waals surface area (Å²) in [5.41, 5.74) is 0. The fourth-order valence-electron chi connectivity index (χ4n) is 1.21. The zero-order chi connectivity index (χ0) is 10.4. The second kappa shape index (κ2) is 5.58. The van der Waals surface area contributed by atoms with Crippen molar-refractivity contribution in [2.45, 2.75) is 40.2 Å². The molecule has 13 heavy (non-hydrogen) atoms. The molecule has 2 unspecified atom stereocenters. The topological polar surface area (TPSA) is 44.1 Å². The monoisotopic (exact) mass is 182 g/mol. The van der Waals surface area contributed by atoms with Crippen molar-refractivity contribution in [3.63, 3.8) is 0 Å². The third-order valence-electron chi connectivity index (χ3n) is 2.31. The molecule has 0 aromatic rings. The summed E-state index contributed by atoms with van der Waals surface area (Å²) in [6.45, 7) is 8.31. The molecule has 0 saturated carbocycles. The summed E-state index contributed by atoms with van der Waals surface area (Å²) in [4.78, 5) is 13.4. The molecule has 0 saturated heterocycles. The van der Waals surface area contributed by atoms with Crippen LogP contribution in [0, 0.1) is 17.2 Å². The van der Waals surface area contributed by atoms with Crippen molar-refractivity contribution in [2.24, 2.45) is 5.92 Å². The van der Waals surface area contributed by atoms with Crippen molar-refractivity contribution in [3.8, 4) is 6.07 Å². The molecular weight excluding hydrogens is 164 g/mol. The van der Waals surface area contributed by atoms with Crippen LogP contribution in [0.15, 0.2) is 0 Å². The zero-order valence-electron chi connectivity index (χ0n) is 8.87. The number of hydrogen-bond acceptors (Lipinski definition) is 2. The summed E-state index contributed by atoms with van der Waals surface area (Å²) in [5, 5.41) is 8.61. The number of hydrogen-bond donors (Lipinski definition) is 0. The van der Waals surface area contributed by atoms with Gasteiger partial charge in [0.15, 0.2) is 0 Å². The predicted molar refractivity (Wildman–Crippen MR) is 51.9 cm³/mol. The van der Waals surface area contributed by atoms with E-state index in [9.17, 15) is 4.79 Å². The Labute approximate surface area is 80.3 Å². The third kappa shape index (κ3) is 3.06. The summed E-state index contributed by atoms with van der Waals surface area (Å²) in [6, 6.07) is 2.20. The number of amides is 1. The van der Waals surface area contributed by atoms with Crippen molar-refractivity contribution < 1.29 is 4.79 Å². The SMILES string of the molecule is CCC(C)N(CC)C(=O)C(C)C#N. The Morgan fingerprint density at radius 3 is 2.31 bits per heavy atom. The van der Waals surface area contributed by atoms with E-state index in [1.807, 2.05) is 26.8 Å². The maximum Gasteiger partial charge on any atom is 0.239 e. The summed E-state index contributed by atoms with van der Waals surface area (Å²) < 4.78 is 0. The van der Waals surface area contributed by atoms with Crippen LogP contribution in [0.1, 0.15) is 34.1 Å². The Kier molecular flexibility index (Phi) is 5.13. The fourth-order valence-corrected chi connectivity index (χ4v) is 1.21. The van der Waals surface area contributed by atoms with E-state index in [4.69, 9.17) is 5.26 Å². The Morgan fingerprint density at radius 2 is 2.00 bits per heavy atom. The first kappa shape index (κ1) is 12.0. The van der Waals surface area contributed by atoms with Crippen LogP contribution in [-0.4, -0.2) is 23.4 Å². The minimum absolute atomic E-state index is 0.0562. The lowest BCUT2D eigenvalue weighted by atomic mass is 10.1. The molecule has 0 N–H and O–H groups in total. The second-order valence-corrected chi connectivity index (χ2v) is 3.23. The summed E-state index contributed by atoms with van der Waals surface area (Å²) in [7, 11) is 0. The molecule has 1 amide bonds. The van der Waals surface area contributed by atoms with E-state index in [2.05, 4.69) is 0 Å². The maximum absolute atomic E-state index is 11.6. The molecule has 3 heteroatoms. The van der Waals surface area contributed by atoms with Crippen molar-refractivity contribution in [3.05, 3.63) is 0 Å². The Hall–Kier alpha value is -1.04. The van der Waals surface area contributed by atoms with Gasteiger partial charge in [0.1, 0.15) is 5.92 Å². The number of rotatable bonds is 4. The molecule has 0 aliphatic heterocycles. The average molecular weight is 182 g/mol. The van der Waals surface area contributed by atoms with Crippen molar-refractivity contribution in [1.82, 2.24) is 4.90 Å². The van der Waals surface area contributed by atoms with Gasteiger partial charge in [0.25, 0.3) is 0 Å². The first-order valence-electron chi connectivity index (χ1n) is 4.78. The molecule has 74 valence electrons. The molecule has 3 nitrogen and oxygen atoms in total. The van der Waals surface area contributed by atoms with Gasteiger partial charge in [-0.25, -0.2) is 0 Å². The largest absolute Gasteiger partial charge is 0.339 e. The molecule has 0 heterocycles. The Bertz CT molecular complexity index is 207. The molecule has 0 rings (SSSR count). The molecule has 2 atom stereocenters. The zero-order valence-corrected chi connectivity index (χ0v) is 8.87. The standard InChI is InChI=1S/C10H18N2O/c1-5-9(4)12(6-2)10(13)8(3)7-11/h8-9H,5-6H2,1-4H3. The Balaban J connectivity index is 4.42. The van der Waals surface area contributed by atoms with Gasteiger partial charge in [-0.15, -0.1) is 0 Å². The van der Waals surface area contributed by atoms with E-state index in [-0.39, 0.29) is 11.9 Å². The van der Waals surface area contributed by atoms with Gasteiger partial charge in [0.2, 0.25) is 5.91 Å². The smallest absolute Gasteiger partial charge is 0.239 e. The normalized spacial score (nSPS) is 14.4. The second-order valence-electron chi connectivity index (χ2n) is 3.23. The van der Waals surface area contributed by atoms with Gasteiger partial charge < -0.3 is 4.90 Å². The van der Waals surface area contributed by atoms with Crippen LogP contribution in [0.5, 0.6) is 0 Å². The van der Waals surface area contributed by atoms with Gasteiger partial charge in [0.05, 0.1) is 6.07 Å². The maximum atomic E-state index is 11.6. The number of carbonyl (C=O) groups is 1. The van der Waals surface area contributed by atoms with Crippen LogP contribution < -0.4 is 0 Å². The average Bonchev–Trinajstić information content (AvgIpc) is 2.17. The molecular formula is C10H18N2O. The number of nitriles is 1. The highest BCUT2D eigenvalue weighted by Gasteiger charge is 2.21. The lowest BCUT2D eigenvalue weighted by Crippen LogP contribution is -2.40. The van der Waals surface area contributed by atoms with Gasteiger partial charge in [-0.2, -0.15) is 5.26 Å². The van der Waals surface area contributed by atoms with Gasteiger partial charge in [0, 0.05) is 12.6 Å². The highest BCUT2D eigenvalue weighted by molar-refractivity contribution is 5.81. The highest BCUT2D eigenvalue weighted by atomic mass is 16.2. The molecule has 0 aliphatic carbocycles. The molecule has 0 bridgehead atoms. The van der Waals surface area contributed by atoms with Gasteiger partial charge in [-0.05, 0) is 27.2 Å². The quantitative estimate of drug-likeness (QED) is 0.665. The van der Waals surface area contributed by atoms with Crippen LogP contribution in [0.2, 0.25) is 0 Å². The number of nitrogens with zero attached hydrogens (tertiary/aromatic N) is 2. The van der Waals surface area contributed by atoms with Gasteiger partial charge in [-0.1, -0.05) is 6.92 Å². The predicted octanol–water partition coefficient (Wildman–Crippen LogP) is 1.79. The highest BCUT2D eigenvalue weighted by Crippen LogP contribution is 2.08. The van der Waals surface area contributed by atoms with Crippen LogP contribution in [-0.2, 0) is 4.79 Å². The molecule has 0 radical (unpaired) electrons. The van der Waals surface area contributed by atoms with E-state index >= 15 is 0 Å². The van der Waals surface area contributed by atoms with E-state index < -0.39 is 5.92 Å². The van der Waals surface area contributed by atoms with E-state index in [0.29, 0.717) is 6.54 Å². The van der Waals surface area contributed by atoms with E-state index in [0.717, 1.165) is 6.42 Å². The van der Waals surface area contributed by atoms with Crippen LogP contribution >= 0.6 is 0 Å². The van der Waals surface area contributed by atoms with Gasteiger partial charge in [-0.3, -0.25) is 4.79 Å².